The number of carbonyl (C=O) groups excluding carboxylic acids is 1. The molecule has 1 heterocycles. The van der Waals surface area contributed by atoms with E-state index in [4.69, 9.17) is 10.5 Å². The Morgan fingerprint density at radius 3 is 2.80 bits per heavy atom. The van der Waals surface area contributed by atoms with Crippen molar-refractivity contribution >= 4 is 5.78 Å². The Morgan fingerprint density at radius 2 is 2.15 bits per heavy atom. The van der Waals surface area contributed by atoms with Gasteiger partial charge in [0.15, 0.2) is 5.69 Å². The van der Waals surface area contributed by atoms with Gasteiger partial charge in [-0.2, -0.15) is 0 Å². The molecule has 0 aliphatic rings. The average Bonchev–Trinajstić information content (AvgIpc) is 2.90. The van der Waals surface area contributed by atoms with Crippen LogP contribution in [0.4, 0.5) is 0 Å². The maximum absolute atomic E-state index is 12.5. The molecular weight excluding hydrogens is 256 g/mol. The minimum Gasteiger partial charge on any atom is -0.496 e. The van der Waals surface area contributed by atoms with Gasteiger partial charge in [0.2, 0.25) is 5.78 Å². The van der Waals surface area contributed by atoms with Crippen LogP contribution >= 0.6 is 0 Å². The zero-order valence-corrected chi connectivity index (χ0v) is 11.9. The number of aromatic nitrogens is 3. The lowest BCUT2D eigenvalue weighted by Gasteiger charge is -2.11. The van der Waals surface area contributed by atoms with E-state index in [-0.39, 0.29) is 5.78 Å². The molecule has 0 radical (unpaired) electrons. The van der Waals surface area contributed by atoms with Gasteiger partial charge in [-0.25, -0.2) is 0 Å². The fourth-order valence-electron chi connectivity index (χ4n) is 2.01. The first-order valence-electron chi connectivity index (χ1n) is 6.37. The van der Waals surface area contributed by atoms with Gasteiger partial charge in [-0.15, -0.1) is 5.10 Å². The van der Waals surface area contributed by atoms with Crippen LogP contribution in [0, 0.1) is 13.8 Å². The first-order valence-corrected chi connectivity index (χ1v) is 6.37. The van der Waals surface area contributed by atoms with Gasteiger partial charge in [-0.1, -0.05) is 11.3 Å². The van der Waals surface area contributed by atoms with E-state index in [1.807, 2.05) is 19.9 Å². The molecule has 0 saturated carbocycles. The standard InChI is InChI=1S/C14H18N4O2/c1-9-4-5-11(14(20-3)10(9)2)13(19)12-8-18(7-6-15)17-16-12/h4-5,8H,6-7,15H2,1-3H3. The Morgan fingerprint density at radius 1 is 1.40 bits per heavy atom. The molecule has 0 aliphatic carbocycles. The SMILES string of the molecule is COc1c(C(=O)c2cn(CCN)nn2)ccc(C)c1C. The third-order valence-electron chi connectivity index (χ3n) is 3.25. The molecule has 20 heavy (non-hydrogen) atoms. The molecular formula is C14H18N4O2. The van der Waals surface area contributed by atoms with Crippen LogP contribution in [-0.4, -0.2) is 34.4 Å². The number of hydrogen-bond acceptors (Lipinski definition) is 5. The van der Waals surface area contributed by atoms with Gasteiger partial charge in [0.05, 0.1) is 25.4 Å². The Hall–Kier alpha value is -2.21. The summed E-state index contributed by atoms with van der Waals surface area (Å²) >= 11 is 0. The van der Waals surface area contributed by atoms with Crippen molar-refractivity contribution in [1.29, 1.82) is 0 Å². The molecule has 1 aromatic heterocycles. The second-order valence-electron chi connectivity index (χ2n) is 4.57. The lowest BCUT2D eigenvalue weighted by molar-refractivity contribution is 0.103. The first kappa shape index (κ1) is 14.2. The first-order chi connectivity index (χ1) is 9.58. The highest BCUT2D eigenvalue weighted by molar-refractivity contribution is 6.09. The largest absolute Gasteiger partial charge is 0.496 e. The lowest BCUT2D eigenvalue weighted by Crippen LogP contribution is -2.10. The average molecular weight is 274 g/mol. The van der Waals surface area contributed by atoms with Crippen LogP contribution in [0.2, 0.25) is 0 Å². The van der Waals surface area contributed by atoms with E-state index in [0.717, 1.165) is 11.1 Å². The van der Waals surface area contributed by atoms with Crippen LogP contribution < -0.4 is 10.5 Å². The van der Waals surface area contributed by atoms with Crippen LogP contribution in [0.5, 0.6) is 5.75 Å². The lowest BCUT2D eigenvalue weighted by atomic mass is 10.0. The predicted molar refractivity (Wildman–Crippen MR) is 75.0 cm³/mol. The number of aryl methyl sites for hydroxylation is 1. The van der Waals surface area contributed by atoms with Crippen molar-refractivity contribution in [3.8, 4) is 5.75 Å². The van der Waals surface area contributed by atoms with Crippen molar-refractivity contribution in [2.24, 2.45) is 5.73 Å². The van der Waals surface area contributed by atoms with Gasteiger partial charge in [0, 0.05) is 6.54 Å². The van der Waals surface area contributed by atoms with Crippen LogP contribution in [-0.2, 0) is 6.54 Å². The second kappa shape index (κ2) is 5.83. The van der Waals surface area contributed by atoms with Crippen LogP contribution in [0.25, 0.3) is 0 Å². The number of ether oxygens (including phenoxy) is 1. The summed E-state index contributed by atoms with van der Waals surface area (Å²) in [4.78, 5) is 12.5. The maximum Gasteiger partial charge on any atom is 0.218 e. The molecule has 0 aliphatic heterocycles. The van der Waals surface area contributed by atoms with E-state index in [1.54, 1.807) is 24.1 Å². The molecule has 6 heteroatoms. The smallest absolute Gasteiger partial charge is 0.218 e. The number of nitrogens with zero attached hydrogens (tertiary/aromatic N) is 3. The third-order valence-corrected chi connectivity index (χ3v) is 3.25. The summed E-state index contributed by atoms with van der Waals surface area (Å²) in [6, 6.07) is 3.65. The Balaban J connectivity index is 2.40. The molecule has 2 rings (SSSR count). The molecule has 0 fully saturated rings. The highest BCUT2D eigenvalue weighted by Gasteiger charge is 2.19. The molecule has 2 aromatic rings. The van der Waals surface area contributed by atoms with Crippen molar-refractivity contribution in [3.63, 3.8) is 0 Å². The summed E-state index contributed by atoms with van der Waals surface area (Å²) < 4.78 is 6.91. The van der Waals surface area contributed by atoms with Gasteiger partial charge < -0.3 is 10.5 Å². The molecule has 0 unspecified atom stereocenters. The van der Waals surface area contributed by atoms with E-state index in [1.165, 1.54) is 0 Å². The van der Waals surface area contributed by atoms with Crippen molar-refractivity contribution in [3.05, 3.63) is 40.7 Å². The number of rotatable bonds is 5. The summed E-state index contributed by atoms with van der Waals surface area (Å²) in [7, 11) is 1.56. The van der Waals surface area contributed by atoms with Crippen molar-refractivity contribution in [2.45, 2.75) is 20.4 Å². The molecule has 2 N–H and O–H groups in total. The van der Waals surface area contributed by atoms with Crippen molar-refractivity contribution in [1.82, 2.24) is 15.0 Å². The van der Waals surface area contributed by atoms with Gasteiger partial charge in [-0.05, 0) is 31.0 Å². The number of benzene rings is 1. The minimum atomic E-state index is -0.201. The number of ketones is 1. The molecule has 0 amide bonds. The summed E-state index contributed by atoms with van der Waals surface area (Å²) in [5.41, 5.74) is 8.26. The molecule has 0 saturated heterocycles. The summed E-state index contributed by atoms with van der Waals surface area (Å²) in [5, 5.41) is 7.76. The fourth-order valence-corrected chi connectivity index (χ4v) is 2.01. The zero-order valence-electron chi connectivity index (χ0n) is 11.9. The monoisotopic (exact) mass is 274 g/mol. The number of hydrogen-bond donors (Lipinski definition) is 1. The molecule has 1 aromatic carbocycles. The zero-order chi connectivity index (χ0) is 14.7. The van der Waals surface area contributed by atoms with Gasteiger partial charge in [0.25, 0.3) is 0 Å². The fraction of sp³-hybridized carbons (Fsp3) is 0.357. The number of nitrogens with two attached hydrogens (primary N) is 1. The van der Waals surface area contributed by atoms with E-state index in [0.29, 0.717) is 30.1 Å². The molecule has 6 nitrogen and oxygen atoms in total. The van der Waals surface area contributed by atoms with Gasteiger partial charge in [0.1, 0.15) is 5.75 Å². The Kier molecular flexibility index (Phi) is 4.14. The van der Waals surface area contributed by atoms with Crippen LogP contribution in [0.3, 0.4) is 0 Å². The third kappa shape index (κ3) is 2.55. The molecule has 0 spiro atoms. The van der Waals surface area contributed by atoms with Crippen LogP contribution in [0.15, 0.2) is 18.3 Å². The van der Waals surface area contributed by atoms with E-state index in [2.05, 4.69) is 10.3 Å². The predicted octanol–water partition coefficient (Wildman–Crippen LogP) is 1.09. The van der Waals surface area contributed by atoms with Crippen LogP contribution in [0.1, 0.15) is 27.2 Å². The summed E-state index contributed by atoms with van der Waals surface area (Å²) in [6.45, 7) is 4.88. The maximum atomic E-state index is 12.5. The van der Waals surface area contributed by atoms with Gasteiger partial charge in [-0.3, -0.25) is 9.48 Å². The highest BCUT2D eigenvalue weighted by atomic mass is 16.5. The summed E-state index contributed by atoms with van der Waals surface area (Å²) in [6.07, 6.45) is 1.60. The summed E-state index contributed by atoms with van der Waals surface area (Å²) in [5.74, 6) is 0.386. The molecule has 0 atom stereocenters. The molecule has 106 valence electrons. The highest BCUT2D eigenvalue weighted by Crippen LogP contribution is 2.27. The topological polar surface area (TPSA) is 83.0 Å². The van der Waals surface area contributed by atoms with Gasteiger partial charge >= 0.3 is 0 Å². The van der Waals surface area contributed by atoms with Crippen molar-refractivity contribution in [2.75, 3.05) is 13.7 Å². The normalized spacial score (nSPS) is 10.6. The Bertz CT molecular complexity index is 634. The van der Waals surface area contributed by atoms with E-state index in [9.17, 15) is 4.79 Å². The Labute approximate surface area is 117 Å². The molecule has 0 bridgehead atoms. The number of carbonyl (C=O) groups is 1. The van der Waals surface area contributed by atoms with Crippen molar-refractivity contribution < 1.29 is 9.53 Å². The van der Waals surface area contributed by atoms with E-state index >= 15 is 0 Å². The minimum absolute atomic E-state index is 0.201. The second-order valence-corrected chi connectivity index (χ2v) is 4.57. The number of methoxy groups -OCH3 is 1. The quantitative estimate of drug-likeness (QED) is 0.825. The van der Waals surface area contributed by atoms with E-state index < -0.39 is 0 Å².